The molecule has 0 aromatic rings. The molecule has 1 atom stereocenters. The van der Waals surface area contributed by atoms with Gasteiger partial charge in [0.1, 0.15) is 0 Å². The van der Waals surface area contributed by atoms with E-state index in [2.05, 4.69) is 6.07 Å². The lowest BCUT2D eigenvalue weighted by Gasteiger charge is -2.63. The molecule has 0 radical (unpaired) electrons. The van der Waals surface area contributed by atoms with Crippen molar-refractivity contribution in [1.29, 1.82) is 5.26 Å². The van der Waals surface area contributed by atoms with E-state index in [1.54, 1.807) is 0 Å². The fourth-order valence-corrected chi connectivity index (χ4v) is 2.08. The summed E-state index contributed by atoms with van der Waals surface area (Å²) in [6.45, 7) is 0. The number of nitrogens with two attached hydrogens (primary N) is 1. The van der Waals surface area contributed by atoms with E-state index in [0.29, 0.717) is 5.92 Å². The Kier molecular flexibility index (Phi) is 0.767. The Morgan fingerprint density at radius 1 is 1.70 bits per heavy atom. The normalized spacial score (nSPS) is 48.3. The second-order valence-electron chi connectivity index (χ2n) is 3.30. The summed E-state index contributed by atoms with van der Waals surface area (Å²) in [5, 5.41) is 8.54. The van der Waals surface area contributed by atoms with E-state index in [4.69, 9.17) is 11.0 Å². The van der Waals surface area contributed by atoms with Crippen molar-refractivity contribution in [3.8, 4) is 6.07 Å². The van der Waals surface area contributed by atoms with E-state index in [9.17, 15) is 4.79 Å². The van der Waals surface area contributed by atoms with Crippen LogP contribution >= 0.6 is 0 Å². The van der Waals surface area contributed by atoms with Crippen molar-refractivity contribution in [2.45, 2.75) is 12.8 Å². The summed E-state index contributed by atoms with van der Waals surface area (Å²) in [6.07, 6.45) is 1.72. The molecule has 3 heteroatoms. The maximum Gasteiger partial charge on any atom is 0.225 e. The second kappa shape index (κ2) is 1.34. The minimum absolute atomic E-state index is 0.0509. The van der Waals surface area contributed by atoms with Crippen LogP contribution in [0.4, 0.5) is 0 Å². The average molecular weight is 136 g/mol. The summed E-state index contributed by atoms with van der Waals surface area (Å²) >= 11 is 0. The van der Waals surface area contributed by atoms with E-state index in [1.165, 1.54) is 0 Å². The van der Waals surface area contributed by atoms with Crippen molar-refractivity contribution in [2.75, 3.05) is 0 Å². The Bertz CT molecular complexity index is 234. The minimum atomic E-state index is -0.389. The van der Waals surface area contributed by atoms with Crippen molar-refractivity contribution in [3.63, 3.8) is 0 Å². The third-order valence-corrected chi connectivity index (χ3v) is 2.95. The lowest BCUT2D eigenvalue weighted by atomic mass is 9.37. The molecular weight excluding hydrogens is 128 g/mol. The summed E-state index contributed by atoms with van der Waals surface area (Å²) in [5.41, 5.74) is 4.76. The lowest BCUT2D eigenvalue weighted by Crippen LogP contribution is -2.66. The van der Waals surface area contributed by atoms with Gasteiger partial charge in [-0.1, -0.05) is 0 Å². The summed E-state index contributed by atoms with van der Waals surface area (Å²) in [6, 6.07) is 2.12. The molecule has 3 saturated carbocycles. The van der Waals surface area contributed by atoms with Crippen LogP contribution in [-0.4, -0.2) is 5.91 Å². The average Bonchev–Trinajstić information content (AvgIpc) is 1.56. The van der Waals surface area contributed by atoms with Crippen LogP contribution in [-0.2, 0) is 4.79 Å². The third-order valence-electron chi connectivity index (χ3n) is 2.95. The Hall–Kier alpha value is -1.04. The lowest BCUT2D eigenvalue weighted by molar-refractivity contribution is -0.180. The number of carbonyl (C=O) groups excluding carboxylic acids is 1. The molecule has 3 fully saturated rings. The Balaban J connectivity index is 2.21. The summed E-state index contributed by atoms with van der Waals surface area (Å²) in [7, 11) is 0. The number of hydrogen-bond acceptors (Lipinski definition) is 2. The molecule has 1 unspecified atom stereocenters. The number of primary amides is 1. The van der Waals surface area contributed by atoms with Gasteiger partial charge in [0, 0.05) is 0 Å². The van der Waals surface area contributed by atoms with Crippen LogP contribution in [0, 0.1) is 28.6 Å². The molecule has 52 valence electrons. The molecule has 2 N–H and O–H groups in total. The van der Waals surface area contributed by atoms with Crippen molar-refractivity contribution in [3.05, 3.63) is 0 Å². The Labute approximate surface area is 58.8 Å². The van der Waals surface area contributed by atoms with Gasteiger partial charge in [0.25, 0.3) is 0 Å². The van der Waals surface area contributed by atoms with Crippen molar-refractivity contribution in [2.24, 2.45) is 23.0 Å². The number of nitrogens with zero attached hydrogens (tertiary/aromatic N) is 1. The molecule has 0 aliphatic heterocycles. The Morgan fingerprint density at radius 2 is 2.30 bits per heavy atom. The van der Waals surface area contributed by atoms with Crippen LogP contribution in [0.5, 0.6) is 0 Å². The Morgan fingerprint density at radius 3 is 2.40 bits per heavy atom. The number of carbonyl (C=O) groups is 1. The predicted octanol–water partition coefficient (Wildman–Crippen LogP) is 0.0215. The monoisotopic (exact) mass is 136 g/mol. The zero-order chi connectivity index (χ0) is 7.35. The molecule has 1 amide bonds. The van der Waals surface area contributed by atoms with Gasteiger partial charge >= 0.3 is 0 Å². The summed E-state index contributed by atoms with van der Waals surface area (Å²) < 4.78 is 0. The molecule has 3 aliphatic carbocycles. The van der Waals surface area contributed by atoms with Gasteiger partial charge in [-0.25, -0.2) is 0 Å². The minimum Gasteiger partial charge on any atom is -0.369 e. The largest absolute Gasteiger partial charge is 0.369 e. The zero-order valence-electron chi connectivity index (χ0n) is 5.50. The van der Waals surface area contributed by atoms with E-state index in [-0.39, 0.29) is 17.2 Å². The van der Waals surface area contributed by atoms with E-state index >= 15 is 0 Å². The van der Waals surface area contributed by atoms with Gasteiger partial charge in [-0.15, -0.1) is 0 Å². The molecule has 3 nitrogen and oxygen atoms in total. The van der Waals surface area contributed by atoms with Gasteiger partial charge in [-0.05, 0) is 18.8 Å². The summed E-state index contributed by atoms with van der Waals surface area (Å²) in [4.78, 5) is 10.8. The van der Waals surface area contributed by atoms with E-state index in [0.717, 1.165) is 12.8 Å². The van der Waals surface area contributed by atoms with Crippen LogP contribution in [0.15, 0.2) is 0 Å². The summed E-state index contributed by atoms with van der Waals surface area (Å²) in [5.74, 6) is 0.157. The standard InChI is InChI=1S/C7H8N2O/c8-3-5-4-1-7(5,2-4)6(9)10/h4-5H,1-2H2,(H2,9,10). The number of nitriles is 1. The predicted molar refractivity (Wildman–Crippen MR) is 33.5 cm³/mol. The van der Waals surface area contributed by atoms with Gasteiger partial charge in [-0.2, -0.15) is 5.26 Å². The molecular formula is C7H8N2O. The van der Waals surface area contributed by atoms with Gasteiger partial charge in [0.2, 0.25) is 5.91 Å². The molecule has 0 heterocycles. The van der Waals surface area contributed by atoms with Crippen LogP contribution in [0.1, 0.15) is 12.8 Å². The highest BCUT2D eigenvalue weighted by atomic mass is 16.1. The molecule has 3 aliphatic rings. The first-order chi connectivity index (χ1) is 4.70. The number of rotatable bonds is 1. The molecule has 3 rings (SSSR count). The maximum absolute atomic E-state index is 10.8. The first-order valence-electron chi connectivity index (χ1n) is 3.40. The van der Waals surface area contributed by atoms with Gasteiger partial charge < -0.3 is 5.73 Å². The molecule has 0 aromatic heterocycles. The van der Waals surface area contributed by atoms with Crippen LogP contribution < -0.4 is 5.73 Å². The highest BCUT2D eigenvalue weighted by Crippen LogP contribution is 2.68. The number of hydrogen-bond donors (Lipinski definition) is 1. The third kappa shape index (κ3) is 0.340. The molecule has 0 spiro atoms. The zero-order valence-corrected chi connectivity index (χ0v) is 5.50. The van der Waals surface area contributed by atoms with Gasteiger partial charge in [-0.3, -0.25) is 4.79 Å². The number of amides is 1. The first-order valence-corrected chi connectivity index (χ1v) is 3.40. The highest BCUT2D eigenvalue weighted by Gasteiger charge is 2.69. The van der Waals surface area contributed by atoms with Crippen molar-refractivity contribution < 1.29 is 4.79 Å². The van der Waals surface area contributed by atoms with Crippen molar-refractivity contribution >= 4 is 5.91 Å². The molecule has 2 bridgehead atoms. The fraction of sp³-hybridized carbons (Fsp3) is 0.714. The molecule has 0 saturated heterocycles. The van der Waals surface area contributed by atoms with Gasteiger partial charge in [0.15, 0.2) is 0 Å². The van der Waals surface area contributed by atoms with E-state index in [1.807, 2.05) is 0 Å². The second-order valence-corrected chi connectivity index (χ2v) is 3.30. The van der Waals surface area contributed by atoms with Crippen molar-refractivity contribution in [1.82, 2.24) is 0 Å². The quantitative estimate of drug-likeness (QED) is 0.552. The van der Waals surface area contributed by atoms with Gasteiger partial charge in [0.05, 0.1) is 17.4 Å². The maximum atomic E-state index is 10.8. The SMILES string of the molecule is N#CC1C2CC1(C(N)=O)C2. The first kappa shape index (κ1) is 5.72. The molecule has 0 aromatic carbocycles. The van der Waals surface area contributed by atoms with E-state index < -0.39 is 0 Å². The smallest absolute Gasteiger partial charge is 0.225 e. The van der Waals surface area contributed by atoms with Crippen LogP contribution in [0.25, 0.3) is 0 Å². The van der Waals surface area contributed by atoms with Crippen LogP contribution in [0.3, 0.4) is 0 Å². The molecule has 10 heavy (non-hydrogen) atoms. The topological polar surface area (TPSA) is 66.9 Å². The highest BCUT2D eigenvalue weighted by molar-refractivity contribution is 5.85. The fourth-order valence-electron chi connectivity index (χ4n) is 2.08. The van der Waals surface area contributed by atoms with Crippen LogP contribution in [0.2, 0.25) is 0 Å².